The van der Waals surface area contributed by atoms with Crippen molar-refractivity contribution in [3.05, 3.63) is 85.1 Å². The number of carbonyl (C=O) groups is 3. The maximum Gasteiger partial charge on any atom is 0.306 e. The topological polar surface area (TPSA) is 78.9 Å². The summed E-state index contributed by atoms with van der Waals surface area (Å²) in [6, 6.07) is 0. The third kappa shape index (κ3) is 57.5. The highest BCUT2D eigenvalue weighted by atomic mass is 16.6. The first-order valence-corrected chi connectivity index (χ1v) is 30.6. The molecule has 6 heteroatoms. The van der Waals surface area contributed by atoms with Gasteiger partial charge < -0.3 is 14.2 Å². The van der Waals surface area contributed by atoms with Crippen molar-refractivity contribution in [1.82, 2.24) is 0 Å². The highest BCUT2D eigenvalue weighted by Gasteiger charge is 2.19. The summed E-state index contributed by atoms with van der Waals surface area (Å²) in [6.07, 6.45) is 78.6. The number of allylic oxidation sites excluding steroid dienone is 14. The van der Waals surface area contributed by atoms with Gasteiger partial charge in [-0.1, -0.05) is 266 Å². The first-order chi connectivity index (χ1) is 35.5. The highest BCUT2D eigenvalue weighted by molar-refractivity contribution is 5.71. The molecule has 6 nitrogen and oxygen atoms in total. The minimum absolute atomic E-state index is 0.0882. The van der Waals surface area contributed by atoms with Crippen LogP contribution in [-0.4, -0.2) is 37.2 Å². The Kier molecular flexibility index (Phi) is 57.3. The van der Waals surface area contributed by atoms with Gasteiger partial charge in [0.15, 0.2) is 6.10 Å². The van der Waals surface area contributed by atoms with E-state index in [2.05, 4.69) is 106 Å². The lowest BCUT2D eigenvalue weighted by Crippen LogP contribution is -2.30. The molecule has 0 aromatic carbocycles. The van der Waals surface area contributed by atoms with Crippen molar-refractivity contribution in [2.24, 2.45) is 0 Å². The molecule has 1 unspecified atom stereocenters. The minimum atomic E-state index is -0.795. The van der Waals surface area contributed by atoms with Crippen molar-refractivity contribution in [2.75, 3.05) is 13.2 Å². The monoisotopic (exact) mass is 1000 g/mol. The molecular weight excluding hydrogens is 889 g/mol. The molecule has 0 aromatic heterocycles. The molecular formula is C66H114O6. The van der Waals surface area contributed by atoms with Crippen LogP contribution in [0.1, 0.15) is 297 Å². The SMILES string of the molecule is CC/C=C\C/C=C\C/C=C\C/C=C\C/C=C\CCCCCC(=O)OCC(COC(=O)CCCCCCCCCCCCCCCCCCC)OC(=O)CCCCCCCCC/C=C\C/C=C\CCCCCC. The number of hydrogen-bond acceptors (Lipinski definition) is 6. The number of esters is 3. The smallest absolute Gasteiger partial charge is 0.306 e. The highest BCUT2D eigenvalue weighted by Crippen LogP contribution is 2.16. The Balaban J connectivity index is 4.44. The molecule has 0 bridgehead atoms. The Labute approximate surface area is 445 Å². The van der Waals surface area contributed by atoms with E-state index in [-0.39, 0.29) is 31.1 Å². The van der Waals surface area contributed by atoms with Gasteiger partial charge in [0, 0.05) is 19.3 Å². The van der Waals surface area contributed by atoms with Gasteiger partial charge in [0.05, 0.1) is 0 Å². The lowest BCUT2D eigenvalue weighted by molar-refractivity contribution is -0.167. The van der Waals surface area contributed by atoms with Crippen LogP contribution in [0.4, 0.5) is 0 Å². The molecule has 0 saturated heterocycles. The molecule has 0 rings (SSSR count). The third-order valence-electron chi connectivity index (χ3n) is 13.1. The average Bonchev–Trinajstić information content (AvgIpc) is 3.38. The molecule has 0 spiro atoms. The standard InChI is InChI=1S/C66H114O6/c1-4-7-10-13-16-19-22-25-28-31-33-36-38-41-44-47-50-53-56-59-65(68)71-62-63(61-70-64(67)58-55-52-49-46-43-40-37-34-30-27-24-21-18-15-12-9-6-3)72-66(69)60-57-54-51-48-45-42-39-35-32-29-26-23-20-17-14-11-8-5-2/h7,10,16,19-20,23,25,28-29,32-33,36,41,44,63H,4-6,8-9,11-15,17-18,21-22,24,26-27,30-31,34-35,37-40,42-43,45-62H2,1-3H3/b10-7-,19-16-,23-20-,28-25-,32-29-,36-33-,44-41-. The molecule has 1 atom stereocenters. The molecule has 0 heterocycles. The summed E-state index contributed by atoms with van der Waals surface area (Å²) in [5.41, 5.74) is 0. The second-order valence-corrected chi connectivity index (χ2v) is 20.2. The number of unbranched alkanes of at least 4 members (excludes halogenated alkanes) is 30. The van der Waals surface area contributed by atoms with E-state index in [1.54, 1.807) is 0 Å². The van der Waals surface area contributed by atoms with Gasteiger partial charge in [0.1, 0.15) is 13.2 Å². The quantitative estimate of drug-likeness (QED) is 0.0261. The van der Waals surface area contributed by atoms with Crippen molar-refractivity contribution in [1.29, 1.82) is 0 Å². The summed E-state index contributed by atoms with van der Waals surface area (Å²) in [5.74, 6) is -0.918. The van der Waals surface area contributed by atoms with Crippen LogP contribution in [0.25, 0.3) is 0 Å². The minimum Gasteiger partial charge on any atom is -0.462 e. The van der Waals surface area contributed by atoms with Crippen LogP contribution in [0.15, 0.2) is 85.1 Å². The van der Waals surface area contributed by atoms with Crippen LogP contribution in [-0.2, 0) is 28.6 Å². The summed E-state index contributed by atoms with van der Waals surface area (Å²) < 4.78 is 16.9. The fourth-order valence-corrected chi connectivity index (χ4v) is 8.56. The van der Waals surface area contributed by atoms with Crippen LogP contribution < -0.4 is 0 Å². The van der Waals surface area contributed by atoms with Crippen molar-refractivity contribution in [3.63, 3.8) is 0 Å². The lowest BCUT2D eigenvalue weighted by Gasteiger charge is -2.18. The van der Waals surface area contributed by atoms with Crippen molar-refractivity contribution < 1.29 is 28.6 Å². The normalized spacial score (nSPS) is 12.7. The van der Waals surface area contributed by atoms with Gasteiger partial charge in [-0.15, -0.1) is 0 Å². The average molecular weight is 1000 g/mol. The maximum absolute atomic E-state index is 12.9. The summed E-state index contributed by atoms with van der Waals surface area (Å²) in [5, 5.41) is 0. The Morgan fingerprint density at radius 3 is 0.875 bits per heavy atom. The molecule has 0 aliphatic carbocycles. The predicted octanol–water partition coefficient (Wildman–Crippen LogP) is 20.7. The molecule has 72 heavy (non-hydrogen) atoms. The van der Waals surface area contributed by atoms with E-state index >= 15 is 0 Å². The van der Waals surface area contributed by atoms with Gasteiger partial charge >= 0.3 is 17.9 Å². The van der Waals surface area contributed by atoms with E-state index in [9.17, 15) is 14.4 Å². The Morgan fingerprint density at radius 2 is 0.542 bits per heavy atom. The molecule has 0 radical (unpaired) electrons. The zero-order valence-electron chi connectivity index (χ0n) is 47.4. The molecule has 0 aromatic rings. The van der Waals surface area contributed by atoms with Crippen LogP contribution in [0.3, 0.4) is 0 Å². The van der Waals surface area contributed by atoms with Crippen LogP contribution >= 0.6 is 0 Å². The van der Waals surface area contributed by atoms with Gasteiger partial charge in [-0.25, -0.2) is 0 Å². The van der Waals surface area contributed by atoms with Crippen molar-refractivity contribution in [2.45, 2.75) is 303 Å². The zero-order chi connectivity index (χ0) is 52.2. The number of ether oxygens (including phenoxy) is 3. The number of carbonyl (C=O) groups excluding carboxylic acids is 3. The van der Waals surface area contributed by atoms with E-state index < -0.39 is 6.10 Å². The first kappa shape index (κ1) is 68.6. The summed E-state index contributed by atoms with van der Waals surface area (Å²) >= 11 is 0. The van der Waals surface area contributed by atoms with Crippen molar-refractivity contribution in [3.8, 4) is 0 Å². The number of rotatable bonds is 55. The van der Waals surface area contributed by atoms with E-state index in [0.717, 1.165) is 109 Å². The molecule has 0 N–H and O–H groups in total. The fourth-order valence-electron chi connectivity index (χ4n) is 8.56. The van der Waals surface area contributed by atoms with E-state index in [0.29, 0.717) is 19.3 Å². The van der Waals surface area contributed by atoms with E-state index in [1.165, 1.54) is 148 Å². The number of hydrogen-bond donors (Lipinski definition) is 0. The second-order valence-electron chi connectivity index (χ2n) is 20.2. The van der Waals surface area contributed by atoms with Crippen LogP contribution in [0, 0.1) is 0 Å². The van der Waals surface area contributed by atoms with Gasteiger partial charge in [-0.05, 0) is 96.3 Å². The fraction of sp³-hybridized carbons (Fsp3) is 0.742. The van der Waals surface area contributed by atoms with Gasteiger partial charge in [0.2, 0.25) is 0 Å². The van der Waals surface area contributed by atoms with E-state index in [1.807, 2.05) is 0 Å². The van der Waals surface area contributed by atoms with Gasteiger partial charge in [-0.2, -0.15) is 0 Å². The lowest BCUT2D eigenvalue weighted by atomic mass is 10.0. The summed E-state index contributed by atoms with van der Waals surface area (Å²) in [7, 11) is 0. The van der Waals surface area contributed by atoms with Gasteiger partial charge in [-0.3, -0.25) is 14.4 Å². The molecule has 0 aliphatic rings. The Bertz CT molecular complexity index is 1380. The van der Waals surface area contributed by atoms with Crippen LogP contribution in [0.5, 0.6) is 0 Å². The Hall–Kier alpha value is -3.41. The predicted molar refractivity (Wildman–Crippen MR) is 311 cm³/mol. The largest absolute Gasteiger partial charge is 0.462 e. The van der Waals surface area contributed by atoms with Crippen LogP contribution in [0.2, 0.25) is 0 Å². The molecule has 414 valence electrons. The summed E-state index contributed by atoms with van der Waals surface area (Å²) in [4.78, 5) is 38.3. The van der Waals surface area contributed by atoms with E-state index in [4.69, 9.17) is 14.2 Å². The third-order valence-corrected chi connectivity index (χ3v) is 13.1. The van der Waals surface area contributed by atoms with Gasteiger partial charge in [0.25, 0.3) is 0 Å². The molecule has 0 aliphatic heterocycles. The molecule has 0 fully saturated rings. The second kappa shape index (κ2) is 60.1. The molecule has 0 saturated carbocycles. The zero-order valence-corrected chi connectivity index (χ0v) is 47.4. The Morgan fingerprint density at radius 1 is 0.292 bits per heavy atom. The van der Waals surface area contributed by atoms with Crippen molar-refractivity contribution >= 4 is 17.9 Å². The summed E-state index contributed by atoms with van der Waals surface area (Å²) in [6.45, 7) is 6.51. The molecule has 0 amide bonds. The maximum atomic E-state index is 12.9. The first-order valence-electron chi connectivity index (χ1n) is 30.6.